The Morgan fingerprint density at radius 3 is 2.80 bits per heavy atom. The van der Waals surface area contributed by atoms with Crippen LogP contribution in [0.5, 0.6) is 0 Å². The van der Waals surface area contributed by atoms with Crippen LogP contribution in [-0.2, 0) is 6.54 Å². The molecule has 0 saturated heterocycles. The van der Waals surface area contributed by atoms with Gasteiger partial charge in [0.25, 0.3) is 0 Å². The Hall–Kier alpha value is -1.84. The summed E-state index contributed by atoms with van der Waals surface area (Å²) in [5, 5.41) is 3.59. The maximum absolute atomic E-state index is 4.46. The maximum atomic E-state index is 4.46. The normalized spacial score (nSPS) is 16.2. The van der Waals surface area contributed by atoms with Crippen molar-refractivity contribution in [3.8, 4) is 0 Å². The van der Waals surface area contributed by atoms with E-state index in [9.17, 15) is 0 Å². The Bertz CT molecular complexity index is 538. The van der Waals surface area contributed by atoms with Gasteiger partial charge in [-0.3, -0.25) is 4.98 Å². The summed E-state index contributed by atoms with van der Waals surface area (Å²) in [5.74, 6) is 0.984. The molecular weight excluding hydrogens is 248 g/mol. The minimum absolute atomic E-state index is 0.584. The molecule has 106 valence electrons. The van der Waals surface area contributed by atoms with Gasteiger partial charge in [0.2, 0.25) is 5.95 Å². The molecule has 0 unspecified atom stereocenters. The van der Waals surface area contributed by atoms with E-state index in [0.717, 1.165) is 18.2 Å². The van der Waals surface area contributed by atoms with Gasteiger partial charge in [0.15, 0.2) is 0 Å². The van der Waals surface area contributed by atoms with Crippen LogP contribution < -0.4 is 5.32 Å². The summed E-state index contributed by atoms with van der Waals surface area (Å²) in [5.41, 5.74) is 2.26. The lowest BCUT2D eigenvalue weighted by molar-refractivity contribution is 0.459. The fourth-order valence-corrected chi connectivity index (χ4v) is 2.80. The smallest absolute Gasteiger partial charge is 0.203 e. The standard InChI is InChI=1S/C16H22N4/c1-13-7-8-14(11-18-13)12-20-10-9-17-16(20)19-15-5-3-2-4-6-15/h7-11,15H,2-6,12H2,1H3,(H,17,19). The molecule has 0 atom stereocenters. The van der Waals surface area contributed by atoms with Crippen LogP contribution in [0.1, 0.15) is 43.4 Å². The van der Waals surface area contributed by atoms with Gasteiger partial charge in [-0.2, -0.15) is 0 Å². The van der Waals surface area contributed by atoms with Crippen molar-refractivity contribution in [2.75, 3.05) is 5.32 Å². The molecule has 0 aliphatic heterocycles. The highest BCUT2D eigenvalue weighted by Gasteiger charge is 2.15. The molecule has 2 aromatic rings. The van der Waals surface area contributed by atoms with Crippen molar-refractivity contribution < 1.29 is 0 Å². The fourth-order valence-electron chi connectivity index (χ4n) is 2.80. The Kier molecular flexibility index (Phi) is 4.00. The Morgan fingerprint density at radius 2 is 2.05 bits per heavy atom. The van der Waals surface area contributed by atoms with Crippen molar-refractivity contribution in [3.63, 3.8) is 0 Å². The third kappa shape index (κ3) is 3.18. The van der Waals surface area contributed by atoms with E-state index >= 15 is 0 Å². The summed E-state index contributed by atoms with van der Waals surface area (Å²) in [7, 11) is 0. The van der Waals surface area contributed by atoms with E-state index in [2.05, 4.69) is 32.0 Å². The molecule has 1 aliphatic carbocycles. The van der Waals surface area contributed by atoms with E-state index in [1.54, 1.807) is 0 Å². The zero-order chi connectivity index (χ0) is 13.8. The van der Waals surface area contributed by atoms with Crippen LogP contribution in [0.2, 0.25) is 0 Å². The number of hydrogen-bond donors (Lipinski definition) is 1. The summed E-state index contributed by atoms with van der Waals surface area (Å²) >= 11 is 0. The lowest BCUT2D eigenvalue weighted by Crippen LogP contribution is -2.24. The zero-order valence-corrected chi connectivity index (χ0v) is 12.0. The molecule has 1 fully saturated rings. The second-order valence-electron chi connectivity index (χ2n) is 5.67. The van der Waals surface area contributed by atoms with Gasteiger partial charge in [0.1, 0.15) is 0 Å². The lowest BCUT2D eigenvalue weighted by atomic mass is 9.96. The van der Waals surface area contributed by atoms with Crippen molar-refractivity contribution in [2.24, 2.45) is 0 Å². The predicted octanol–water partition coefficient (Wildman–Crippen LogP) is 3.38. The first-order valence-electron chi connectivity index (χ1n) is 7.50. The van der Waals surface area contributed by atoms with Crippen LogP contribution in [0.3, 0.4) is 0 Å². The molecule has 0 amide bonds. The quantitative estimate of drug-likeness (QED) is 0.926. The minimum atomic E-state index is 0.584. The van der Waals surface area contributed by atoms with Crippen LogP contribution in [0, 0.1) is 6.92 Å². The third-order valence-corrected chi connectivity index (χ3v) is 3.98. The second-order valence-corrected chi connectivity index (χ2v) is 5.67. The molecule has 3 rings (SSSR count). The zero-order valence-electron chi connectivity index (χ0n) is 12.0. The first-order chi connectivity index (χ1) is 9.81. The first-order valence-corrected chi connectivity index (χ1v) is 7.50. The van der Waals surface area contributed by atoms with E-state index in [4.69, 9.17) is 0 Å². The molecule has 20 heavy (non-hydrogen) atoms. The van der Waals surface area contributed by atoms with Gasteiger partial charge in [0, 0.05) is 30.3 Å². The summed E-state index contributed by atoms with van der Waals surface area (Å²) in [6.07, 6.45) is 12.4. The number of rotatable bonds is 4. The average molecular weight is 270 g/mol. The molecule has 2 heterocycles. The minimum Gasteiger partial charge on any atom is -0.353 e. The molecule has 0 radical (unpaired) electrons. The van der Waals surface area contributed by atoms with Gasteiger partial charge >= 0.3 is 0 Å². The topological polar surface area (TPSA) is 42.7 Å². The number of pyridine rings is 1. The first kappa shape index (κ1) is 13.2. The summed E-state index contributed by atoms with van der Waals surface area (Å²) in [6.45, 7) is 2.83. The number of anilines is 1. The van der Waals surface area contributed by atoms with Crippen molar-refractivity contribution in [1.29, 1.82) is 0 Å². The lowest BCUT2D eigenvalue weighted by Gasteiger charge is -2.23. The van der Waals surface area contributed by atoms with Gasteiger partial charge in [-0.05, 0) is 31.4 Å². The van der Waals surface area contributed by atoms with E-state index in [0.29, 0.717) is 6.04 Å². The number of nitrogens with zero attached hydrogens (tertiary/aromatic N) is 3. The largest absolute Gasteiger partial charge is 0.353 e. The van der Waals surface area contributed by atoms with Crippen LogP contribution in [0.25, 0.3) is 0 Å². The molecule has 0 spiro atoms. The number of aromatic nitrogens is 3. The molecule has 4 heteroatoms. The van der Waals surface area contributed by atoms with Crippen molar-refractivity contribution >= 4 is 5.95 Å². The highest BCUT2D eigenvalue weighted by atomic mass is 15.2. The molecule has 1 saturated carbocycles. The van der Waals surface area contributed by atoms with Crippen molar-refractivity contribution in [2.45, 2.75) is 51.6 Å². The Labute approximate surface area is 120 Å². The highest BCUT2D eigenvalue weighted by Crippen LogP contribution is 2.21. The highest BCUT2D eigenvalue weighted by molar-refractivity contribution is 5.29. The molecule has 1 N–H and O–H groups in total. The maximum Gasteiger partial charge on any atom is 0.203 e. The molecule has 0 aromatic carbocycles. The number of aryl methyl sites for hydroxylation is 1. The van der Waals surface area contributed by atoms with E-state index < -0.39 is 0 Å². The van der Waals surface area contributed by atoms with E-state index in [-0.39, 0.29) is 0 Å². The summed E-state index contributed by atoms with van der Waals surface area (Å²) in [6, 6.07) is 4.77. The van der Waals surface area contributed by atoms with Crippen molar-refractivity contribution in [3.05, 3.63) is 42.0 Å². The van der Waals surface area contributed by atoms with Gasteiger partial charge < -0.3 is 9.88 Å². The van der Waals surface area contributed by atoms with Crippen molar-refractivity contribution in [1.82, 2.24) is 14.5 Å². The average Bonchev–Trinajstić information content (AvgIpc) is 2.90. The number of hydrogen-bond acceptors (Lipinski definition) is 3. The monoisotopic (exact) mass is 270 g/mol. The van der Waals surface area contributed by atoms with Gasteiger partial charge in [-0.25, -0.2) is 4.98 Å². The number of imidazole rings is 1. The molecule has 0 bridgehead atoms. The van der Waals surface area contributed by atoms with E-state index in [1.807, 2.05) is 25.5 Å². The molecule has 4 nitrogen and oxygen atoms in total. The molecular formula is C16H22N4. The molecule has 1 aliphatic rings. The summed E-state index contributed by atoms with van der Waals surface area (Å²) < 4.78 is 2.17. The fraction of sp³-hybridized carbons (Fsp3) is 0.500. The Balaban J connectivity index is 1.68. The van der Waals surface area contributed by atoms with Crippen LogP contribution >= 0.6 is 0 Å². The van der Waals surface area contributed by atoms with Gasteiger partial charge in [-0.1, -0.05) is 25.3 Å². The van der Waals surface area contributed by atoms with Crippen LogP contribution in [0.15, 0.2) is 30.7 Å². The number of nitrogens with one attached hydrogen (secondary N) is 1. The summed E-state index contributed by atoms with van der Waals surface area (Å²) in [4.78, 5) is 8.81. The van der Waals surface area contributed by atoms with Gasteiger partial charge in [0.05, 0.1) is 6.54 Å². The second kappa shape index (κ2) is 6.07. The van der Waals surface area contributed by atoms with Crippen LogP contribution in [-0.4, -0.2) is 20.6 Å². The molecule has 2 aromatic heterocycles. The van der Waals surface area contributed by atoms with E-state index in [1.165, 1.54) is 37.7 Å². The SMILES string of the molecule is Cc1ccc(Cn2ccnc2NC2CCCCC2)cn1. The van der Waals surface area contributed by atoms with Crippen LogP contribution in [0.4, 0.5) is 5.95 Å². The third-order valence-electron chi connectivity index (χ3n) is 3.98. The predicted molar refractivity (Wildman–Crippen MR) is 80.8 cm³/mol. The van der Waals surface area contributed by atoms with Gasteiger partial charge in [-0.15, -0.1) is 0 Å². The Morgan fingerprint density at radius 1 is 1.20 bits per heavy atom.